The first-order valence-electron chi connectivity index (χ1n) is 4.09. The Morgan fingerprint density at radius 1 is 1.36 bits per heavy atom. The summed E-state index contributed by atoms with van der Waals surface area (Å²) < 4.78 is 5.12. The zero-order chi connectivity index (χ0) is 9.80. The molecule has 0 aromatic carbocycles. The number of pyridine rings is 1. The van der Waals surface area contributed by atoms with Gasteiger partial charge in [-0.3, -0.25) is 0 Å². The van der Waals surface area contributed by atoms with Gasteiger partial charge >= 0.3 is 0 Å². The minimum absolute atomic E-state index is 0.637. The SMILES string of the molecule is CNc1cc(Sc2ncco2)ccn1. The fourth-order valence-corrected chi connectivity index (χ4v) is 1.69. The fraction of sp³-hybridized carbons (Fsp3) is 0.111. The number of oxazole rings is 1. The molecule has 0 aliphatic heterocycles. The van der Waals surface area contributed by atoms with E-state index in [9.17, 15) is 0 Å². The van der Waals surface area contributed by atoms with Crippen molar-refractivity contribution in [3.8, 4) is 0 Å². The maximum absolute atomic E-state index is 5.12. The van der Waals surface area contributed by atoms with Gasteiger partial charge < -0.3 is 9.73 Å². The van der Waals surface area contributed by atoms with Crippen LogP contribution >= 0.6 is 11.8 Å². The first-order chi connectivity index (χ1) is 6.88. The second-order valence-corrected chi connectivity index (χ2v) is 3.55. The van der Waals surface area contributed by atoms with Crippen LogP contribution in [0.25, 0.3) is 0 Å². The molecule has 0 aliphatic carbocycles. The Morgan fingerprint density at radius 3 is 3.00 bits per heavy atom. The second-order valence-electron chi connectivity index (χ2n) is 2.53. The molecule has 0 atom stereocenters. The van der Waals surface area contributed by atoms with Gasteiger partial charge in [-0.25, -0.2) is 9.97 Å². The van der Waals surface area contributed by atoms with Crippen LogP contribution in [-0.2, 0) is 0 Å². The Morgan fingerprint density at radius 2 is 2.29 bits per heavy atom. The molecular formula is C9H9N3OS. The van der Waals surface area contributed by atoms with Crippen LogP contribution in [0.15, 0.2) is 45.3 Å². The zero-order valence-corrected chi connectivity index (χ0v) is 8.41. The maximum Gasteiger partial charge on any atom is 0.260 e. The monoisotopic (exact) mass is 207 g/mol. The number of nitrogens with one attached hydrogen (secondary N) is 1. The predicted octanol–water partition coefficient (Wildman–Crippen LogP) is 2.26. The molecule has 14 heavy (non-hydrogen) atoms. The average molecular weight is 207 g/mol. The Kier molecular flexibility index (Phi) is 2.69. The molecule has 2 aromatic heterocycles. The topological polar surface area (TPSA) is 51.0 Å². The van der Waals surface area contributed by atoms with E-state index in [1.807, 2.05) is 19.2 Å². The highest BCUT2D eigenvalue weighted by atomic mass is 32.2. The summed E-state index contributed by atoms with van der Waals surface area (Å²) in [6.45, 7) is 0. The molecule has 72 valence electrons. The molecule has 0 unspecified atom stereocenters. The van der Waals surface area contributed by atoms with Crippen LogP contribution in [0.2, 0.25) is 0 Å². The summed E-state index contributed by atoms with van der Waals surface area (Å²) in [6.07, 6.45) is 4.93. The van der Waals surface area contributed by atoms with Gasteiger partial charge in [0, 0.05) is 18.1 Å². The Bertz CT molecular complexity index is 402. The molecule has 0 fully saturated rings. The van der Waals surface area contributed by atoms with Gasteiger partial charge in [-0.05, 0) is 23.9 Å². The lowest BCUT2D eigenvalue weighted by Crippen LogP contribution is -1.90. The predicted molar refractivity (Wildman–Crippen MR) is 54.4 cm³/mol. The van der Waals surface area contributed by atoms with E-state index in [4.69, 9.17) is 4.42 Å². The molecule has 0 amide bonds. The van der Waals surface area contributed by atoms with Gasteiger partial charge in [-0.2, -0.15) is 0 Å². The van der Waals surface area contributed by atoms with E-state index in [1.165, 1.54) is 11.8 Å². The molecule has 0 saturated heterocycles. The lowest BCUT2D eigenvalue weighted by Gasteiger charge is -2.00. The summed E-state index contributed by atoms with van der Waals surface area (Å²) in [5, 5.41) is 3.61. The molecule has 2 heterocycles. The Balaban J connectivity index is 2.17. The number of aromatic nitrogens is 2. The van der Waals surface area contributed by atoms with Crippen molar-refractivity contribution in [3.05, 3.63) is 30.8 Å². The lowest BCUT2D eigenvalue weighted by atomic mass is 10.5. The quantitative estimate of drug-likeness (QED) is 0.836. The zero-order valence-electron chi connectivity index (χ0n) is 7.60. The van der Waals surface area contributed by atoms with E-state index < -0.39 is 0 Å². The van der Waals surface area contributed by atoms with Crippen molar-refractivity contribution >= 4 is 17.6 Å². The number of hydrogen-bond acceptors (Lipinski definition) is 5. The molecule has 0 spiro atoms. The molecule has 2 rings (SSSR count). The summed E-state index contributed by atoms with van der Waals surface area (Å²) in [6, 6.07) is 3.85. The molecule has 0 bridgehead atoms. The molecule has 4 nitrogen and oxygen atoms in total. The van der Waals surface area contributed by atoms with Crippen molar-refractivity contribution in [2.75, 3.05) is 12.4 Å². The van der Waals surface area contributed by atoms with Gasteiger partial charge in [-0.1, -0.05) is 0 Å². The van der Waals surface area contributed by atoms with Crippen LogP contribution in [0.4, 0.5) is 5.82 Å². The highest BCUT2D eigenvalue weighted by molar-refractivity contribution is 7.99. The lowest BCUT2D eigenvalue weighted by molar-refractivity contribution is 0.454. The smallest absolute Gasteiger partial charge is 0.260 e. The molecule has 0 radical (unpaired) electrons. The third-order valence-electron chi connectivity index (χ3n) is 1.60. The van der Waals surface area contributed by atoms with E-state index >= 15 is 0 Å². The summed E-state index contributed by atoms with van der Waals surface area (Å²) in [5.74, 6) is 0.835. The molecule has 0 saturated carbocycles. The van der Waals surface area contributed by atoms with Crippen LogP contribution < -0.4 is 5.32 Å². The largest absolute Gasteiger partial charge is 0.440 e. The summed E-state index contributed by atoms with van der Waals surface area (Å²) >= 11 is 1.47. The summed E-state index contributed by atoms with van der Waals surface area (Å²) in [4.78, 5) is 9.18. The van der Waals surface area contributed by atoms with Gasteiger partial charge in [0.1, 0.15) is 12.1 Å². The van der Waals surface area contributed by atoms with E-state index in [-0.39, 0.29) is 0 Å². The normalized spacial score (nSPS) is 10.1. The van der Waals surface area contributed by atoms with Crippen LogP contribution in [0.5, 0.6) is 0 Å². The molecule has 2 aromatic rings. The van der Waals surface area contributed by atoms with E-state index in [1.54, 1.807) is 18.7 Å². The minimum Gasteiger partial charge on any atom is -0.440 e. The third kappa shape index (κ3) is 2.05. The molecule has 5 heteroatoms. The van der Waals surface area contributed by atoms with Crippen LogP contribution in [0, 0.1) is 0 Å². The minimum atomic E-state index is 0.637. The average Bonchev–Trinajstić information content (AvgIpc) is 2.71. The van der Waals surface area contributed by atoms with Crippen molar-refractivity contribution in [2.24, 2.45) is 0 Å². The highest BCUT2D eigenvalue weighted by Gasteiger charge is 2.01. The van der Waals surface area contributed by atoms with E-state index in [0.717, 1.165) is 10.7 Å². The third-order valence-corrected chi connectivity index (χ3v) is 2.47. The Hall–Kier alpha value is -1.49. The van der Waals surface area contributed by atoms with Gasteiger partial charge in [0.05, 0.1) is 6.20 Å². The van der Waals surface area contributed by atoms with Crippen molar-refractivity contribution < 1.29 is 4.42 Å². The van der Waals surface area contributed by atoms with Gasteiger partial charge in [-0.15, -0.1) is 0 Å². The van der Waals surface area contributed by atoms with Crippen molar-refractivity contribution in [3.63, 3.8) is 0 Å². The summed E-state index contributed by atoms with van der Waals surface area (Å²) in [5.41, 5.74) is 0. The number of rotatable bonds is 3. The summed E-state index contributed by atoms with van der Waals surface area (Å²) in [7, 11) is 1.84. The van der Waals surface area contributed by atoms with Crippen LogP contribution in [0.3, 0.4) is 0 Å². The number of anilines is 1. The number of hydrogen-bond donors (Lipinski definition) is 1. The first kappa shape index (κ1) is 9.08. The fourth-order valence-electron chi connectivity index (χ4n) is 0.973. The van der Waals surface area contributed by atoms with Gasteiger partial charge in [0.25, 0.3) is 5.22 Å². The molecule has 1 N–H and O–H groups in total. The van der Waals surface area contributed by atoms with E-state index in [0.29, 0.717) is 5.22 Å². The maximum atomic E-state index is 5.12. The van der Waals surface area contributed by atoms with Gasteiger partial charge in [0.15, 0.2) is 0 Å². The number of nitrogens with zero attached hydrogens (tertiary/aromatic N) is 2. The second kappa shape index (κ2) is 4.15. The van der Waals surface area contributed by atoms with Crippen molar-refractivity contribution in [2.45, 2.75) is 10.1 Å². The van der Waals surface area contributed by atoms with Gasteiger partial charge in [0.2, 0.25) is 0 Å². The Labute approximate surface area is 85.8 Å². The van der Waals surface area contributed by atoms with E-state index in [2.05, 4.69) is 15.3 Å². The van der Waals surface area contributed by atoms with Crippen molar-refractivity contribution in [1.29, 1.82) is 0 Å². The standard InChI is InChI=1S/C9H9N3OS/c1-10-8-6-7(2-3-11-8)14-9-12-4-5-13-9/h2-6H,1H3,(H,10,11). The first-order valence-corrected chi connectivity index (χ1v) is 4.91. The highest BCUT2D eigenvalue weighted by Crippen LogP contribution is 2.26. The molecule has 0 aliphatic rings. The molecular weight excluding hydrogens is 198 g/mol. The van der Waals surface area contributed by atoms with Crippen molar-refractivity contribution in [1.82, 2.24) is 9.97 Å². The van der Waals surface area contributed by atoms with Crippen LogP contribution in [-0.4, -0.2) is 17.0 Å². The van der Waals surface area contributed by atoms with Crippen LogP contribution in [0.1, 0.15) is 0 Å².